The Kier molecular flexibility index (Phi) is 12.0. The summed E-state index contributed by atoms with van der Waals surface area (Å²) in [5.41, 5.74) is 10.3. The number of aryl methyl sites for hydroxylation is 2. The number of aromatic nitrogens is 3. The Bertz CT molecular complexity index is 3850. The lowest BCUT2D eigenvalue weighted by Crippen LogP contribution is -2.05. The van der Waals surface area contributed by atoms with E-state index in [1.54, 1.807) is 62.4 Å². The van der Waals surface area contributed by atoms with Gasteiger partial charge in [0.2, 0.25) is 0 Å². The van der Waals surface area contributed by atoms with Crippen molar-refractivity contribution < 1.29 is 26.3 Å². The Morgan fingerprint density at radius 1 is 0.453 bits per heavy atom. The smallest absolute Gasteiger partial charge is 0.308 e. The molecule has 0 spiro atoms. The molecule has 0 bridgehead atoms. The van der Waals surface area contributed by atoms with Crippen molar-refractivity contribution in [2.24, 2.45) is 0 Å². The van der Waals surface area contributed by atoms with Crippen LogP contribution in [0.25, 0.3) is 111 Å². The zero-order chi connectivity index (χ0) is 52.2. The number of nitrogens with zero attached hydrogens (tertiary/aromatic N) is 5. The summed E-state index contributed by atoms with van der Waals surface area (Å²) in [6, 6.07) is 60.9. The van der Waals surface area contributed by atoms with E-state index in [4.69, 9.17) is 16.5 Å². The molecule has 75 heavy (non-hydrogen) atoms. The van der Waals surface area contributed by atoms with Gasteiger partial charge in [0.15, 0.2) is 11.5 Å². The van der Waals surface area contributed by atoms with Gasteiger partial charge in [0.1, 0.15) is 0 Å². The number of hydrogen-bond donors (Lipinski definition) is 0. The van der Waals surface area contributed by atoms with Gasteiger partial charge in [0, 0.05) is 38.6 Å². The summed E-state index contributed by atoms with van der Waals surface area (Å²) in [5.74, 6) is 0.500. The molecule has 2 heterocycles. The summed E-state index contributed by atoms with van der Waals surface area (Å²) in [6.45, 7) is 11.0. The van der Waals surface area contributed by atoms with Crippen LogP contribution in [0.4, 0.5) is 32.0 Å². The molecule has 0 radical (unpaired) electrons. The molecular weight excluding hydrogens is 953 g/mol. The van der Waals surface area contributed by atoms with Gasteiger partial charge >= 0.3 is 12.4 Å². The molecule has 0 saturated heterocycles. The van der Waals surface area contributed by atoms with E-state index in [-0.39, 0.29) is 0 Å². The topological polar surface area (TPSA) is 58.9 Å². The molecule has 0 amide bonds. The van der Waals surface area contributed by atoms with Crippen LogP contribution < -0.4 is 0 Å². The van der Waals surface area contributed by atoms with Crippen molar-refractivity contribution in [3.8, 4) is 90.2 Å². The highest BCUT2D eigenvalue weighted by molar-refractivity contribution is 6.13. The molecule has 11 heteroatoms. The SMILES string of the molecule is [C-]#[N+]c1ccc(-c2cc(-c3cc(-c4ccccc4)nc(-c4ccccc4)n3)cc(-c3ccc(C#N)cc3)c2-n2c3ccc(-c4cc(C)cc(C(F)(F)F)c4)cc3c3cc(-c4cc(C)cc(C(F)(F)F)c4)ccc32)cc1. The number of alkyl halides is 6. The van der Waals surface area contributed by atoms with E-state index in [1.165, 1.54) is 0 Å². The van der Waals surface area contributed by atoms with Crippen LogP contribution in [-0.4, -0.2) is 14.5 Å². The van der Waals surface area contributed by atoms with E-state index in [1.807, 2.05) is 127 Å². The molecule has 0 N–H and O–H groups in total. The van der Waals surface area contributed by atoms with E-state index >= 15 is 0 Å². The van der Waals surface area contributed by atoms with Gasteiger partial charge in [-0.25, -0.2) is 14.8 Å². The van der Waals surface area contributed by atoms with Crippen molar-refractivity contribution in [3.63, 3.8) is 0 Å². The van der Waals surface area contributed by atoms with Gasteiger partial charge < -0.3 is 4.57 Å². The predicted molar refractivity (Wildman–Crippen MR) is 285 cm³/mol. The average molecular weight is 992 g/mol. The Morgan fingerprint density at radius 3 is 1.37 bits per heavy atom. The molecule has 0 atom stereocenters. The van der Waals surface area contributed by atoms with Gasteiger partial charge in [0.25, 0.3) is 0 Å². The third-order valence-electron chi connectivity index (χ3n) is 13.3. The Labute approximate surface area is 427 Å². The zero-order valence-electron chi connectivity index (χ0n) is 40.1. The standard InChI is InChI=1S/C64H39F6N5/c1-38-26-47(30-50(28-38)63(65,66)67)45-20-24-59-55(32-45)56-33-46(48-27-39(2)29-51(31-48)64(68,69)70)21-25-60(56)75(59)61-53(41-16-14-40(37-71)15-17-41)34-49(35-54(61)42-18-22-52(72-3)23-19-42)58-36-57(43-10-6-4-7-11-43)73-62(74-58)44-12-8-5-9-13-44/h4-36H,1-2H3. The maximum atomic E-state index is 14.3. The molecular formula is C64H39F6N5. The van der Waals surface area contributed by atoms with Gasteiger partial charge in [-0.2, -0.15) is 31.6 Å². The molecule has 11 aromatic rings. The number of nitriles is 1. The summed E-state index contributed by atoms with van der Waals surface area (Å²) in [4.78, 5) is 13.9. The number of halogens is 6. The highest BCUT2D eigenvalue weighted by Gasteiger charge is 2.32. The lowest BCUT2D eigenvalue weighted by atomic mass is 9.91. The number of fused-ring (bicyclic) bond motifs is 3. The lowest BCUT2D eigenvalue weighted by molar-refractivity contribution is -0.138. The van der Waals surface area contributed by atoms with Crippen molar-refractivity contribution in [2.45, 2.75) is 26.2 Å². The maximum Gasteiger partial charge on any atom is 0.416 e. The molecule has 0 aliphatic rings. The molecule has 362 valence electrons. The molecule has 0 unspecified atom stereocenters. The van der Waals surface area contributed by atoms with Crippen molar-refractivity contribution in [3.05, 3.63) is 239 Å². The fourth-order valence-electron chi connectivity index (χ4n) is 9.82. The maximum absolute atomic E-state index is 14.3. The second-order valence-electron chi connectivity index (χ2n) is 18.4. The largest absolute Gasteiger partial charge is 0.416 e. The van der Waals surface area contributed by atoms with Gasteiger partial charge in [-0.1, -0.05) is 121 Å². The molecule has 2 aromatic heterocycles. The van der Waals surface area contributed by atoms with Crippen LogP contribution in [0.3, 0.4) is 0 Å². The molecule has 0 aliphatic carbocycles. The first-order valence-corrected chi connectivity index (χ1v) is 23.8. The van der Waals surface area contributed by atoms with Crippen LogP contribution in [0.1, 0.15) is 27.8 Å². The van der Waals surface area contributed by atoms with Crippen molar-refractivity contribution >= 4 is 27.5 Å². The molecule has 0 saturated carbocycles. The summed E-state index contributed by atoms with van der Waals surface area (Å²) in [7, 11) is 0. The lowest BCUT2D eigenvalue weighted by Gasteiger charge is -2.21. The third-order valence-corrected chi connectivity index (χ3v) is 13.3. The monoisotopic (exact) mass is 991 g/mol. The predicted octanol–water partition coefficient (Wildman–Crippen LogP) is 18.3. The minimum Gasteiger partial charge on any atom is -0.308 e. The van der Waals surface area contributed by atoms with Crippen molar-refractivity contribution in [1.82, 2.24) is 14.5 Å². The second kappa shape index (κ2) is 18.8. The van der Waals surface area contributed by atoms with E-state index < -0.39 is 23.5 Å². The van der Waals surface area contributed by atoms with E-state index in [0.717, 1.165) is 46.5 Å². The summed E-state index contributed by atoms with van der Waals surface area (Å²) in [6.07, 6.45) is -9.21. The van der Waals surface area contributed by atoms with Crippen LogP contribution in [-0.2, 0) is 12.4 Å². The first-order valence-electron chi connectivity index (χ1n) is 23.8. The fourth-order valence-corrected chi connectivity index (χ4v) is 9.82. The number of rotatable bonds is 8. The van der Waals surface area contributed by atoms with Crippen molar-refractivity contribution in [2.75, 3.05) is 0 Å². The van der Waals surface area contributed by atoms with Crippen LogP contribution in [0.2, 0.25) is 0 Å². The van der Waals surface area contributed by atoms with E-state index in [2.05, 4.69) is 15.5 Å². The highest BCUT2D eigenvalue weighted by Crippen LogP contribution is 2.47. The zero-order valence-corrected chi connectivity index (χ0v) is 40.1. The van der Waals surface area contributed by atoms with Gasteiger partial charge in [-0.15, -0.1) is 0 Å². The Hall–Kier alpha value is -9.58. The number of hydrogen-bond acceptors (Lipinski definition) is 3. The third kappa shape index (κ3) is 9.28. The minimum atomic E-state index is -4.60. The van der Waals surface area contributed by atoms with E-state index in [9.17, 15) is 31.6 Å². The summed E-state index contributed by atoms with van der Waals surface area (Å²) >= 11 is 0. The highest BCUT2D eigenvalue weighted by atomic mass is 19.4. The number of benzene rings is 9. The normalized spacial score (nSPS) is 11.7. The molecule has 0 aliphatic heterocycles. The Morgan fingerprint density at radius 2 is 0.907 bits per heavy atom. The second-order valence-corrected chi connectivity index (χ2v) is 18.4. The van der Waals surface area contributed by atoms with Crippen molar-refractivity contribution in [1.29, 1.82) is 5.26 Å². The molecule has 11 rings (SSSR count). The van der Waals surface area contributed by atoms with E-state index in [0.29, 0.717) is 106 Å². The van der Waals surface area contributed by atoms with Crippen LogP contribution in [0.15, 0.2) is 200 Å². The molecule has 9 aromatic carbocycles. The fraction of sp³-hybridized carbons (Fsp3) is 0.0625. The summed E-state index contributed by atoms with van der Waals surface area (Å²) < 4.78 is 88.0. The van der Waals surface area contributed by atoms with Gasteiger partial charge in [-0.05, 0) is 137 Å². The van der Waals surface area contributed by atoms with Gasteiger partial charge in [0.05, 0.1) is 57.4 Å². The average Bonchev–Trinajstić information content (AvgIpc) is 3.75. The quantitative estimate of drug-likeness (QED) is 0.113. The minimum absolute atomic E-state index is 0.340. The Balaban J connectivity index is 1.26. The molecule has 0 fully saturated rings. The summed E-state index contributed by atoms with van der Waals surface area (Å²) in [5, 5.41) is 11.2. The van der Waals surface area contributed by atoms with Gasteiger partial charge in [-0.3, -0.25) is 0 Å². The van der Waals surface area contributed by atoms with Crippen LogP contribution in [0.5, 0.6) is 0 Å². The first-order chi connectivity index (χ1) is 36.1. The van der Waals surface area contributed by atoms with Crippen LogP contribution >= 0.6 is 0 Å². The molecule has 5 nitrogen and oxygen atoms in total. The van der Waals surface area contributed by atoms with Crippen LogP contribution in [0, 0.1) is 31.8 Å². The first kappa shape index (κ1) is 47.7.